The zero-order valence-corrected chi connectivity index (χ0v) is 16.2. The molecule has 154 valence electrons. The predicted octanol–water partition coefficient (Wildman–Crippen LogP) is 2.27. The lowest BCUT2D eigenvalue weighted by atomic mass is 9.72. The van der Waals surface area contributed by atoms with Gasteiger partial charge in [-0.1, -0.05) is 19.1 Å². The van der Waals surface area contributed by atoms with Crippen LogP contribution in [0.1, 0.15) is 18.9 Å². The van der Waals surface area contributed by atoms with Crippen molar-refractivity contribution >= 4 is 28.9 Å². The second-order valence-corrected chi connectivity index (χ2v) is 7.09. The Kier molecular flexibility index (Phi) is 5.01. The number of carbonyl (C=O) groups excluding carboxylic acids is 1. The van der Waals surface area contributed by atoms with Crippen LogP contribution in [0.4, 0.5) is 0 Å². The second kappa shape index (κ2) is 7.64. The van der Waals surface area contributed by atoms with Crippen molar-refractivity contribution in [1.82, 2.24) is 15.3 Å². The minimum Gasteiger partial charge on any atom is -0.480 e. The number of allylic oxidation sites excluding steroid dienone is 5. The summed E-state index contributed by atoms with van der Waals surface area (Å²) in [6.07, 6.45) is 10.6. The number of hydrogen-bond acceptors (Lipinski definition) is 6. The molecule has 2 aliphatic rings. The highest BCUT2D eigenvalue weighted by Gasteiger charge is 2.65. The van der Waals surface area contributed by atoms with Gasteiger partial charge >= 0.3 is 5.97 Å². The number of H-pyrrole nitrogens is 1. The van der Waals surface area contributed by atoms with Crippen molar-refractivity contribution in [3.63, 3.8) is 0 Å². The van der Waals surface area contributed by atoms with Crippen molar-refractivity contribution in [2.75, 3.05) is 0 Å². The highest BCUT2D eigenvalue weighted by atomic mass is 16.5. The molecule has 4 rings (SSSR count). The summed E-state index contributed by atoms with van der Waals surface area (Å²) in [5, 5.41) is 24.6. The van der Waals surface area contributed by atoms with E-state index in [-0.39, 0.29) is 12.2 Å². The quantitative estimate of drug-likeness (QED) is 0.443. The zero-order valence-electron chi connectivity index (χ0n) is 16.2. The smallest absolute Gasteiger partial charge is 0.324 e. The maximum atomic E-state index is 13.4. The molecule has 8 heteroatoms. The second-order valence-electron chi connectivity index (χ2n) is 7.09. The molecule has 1 fully saturated rings. The number of carbonyl (C=O) groups is 2. The van der Waals surface area contributed by atoms with Gasteiger partial charge in [0.2, 0.25) is 11.2 Å². The Hall–Kier alpha value is -3.65. The van der Waals surface area contributed by atoms with Crippen molar-refractivity contribution in [3.05, 3.63) is 72.1 Å². The third kappa shape index (κ3) is 2.93. The minimum absolute atomic E-state index is 0.0706. The SMILES string of the molecule is CCC(O)C1(C(=O)O)C(=O)/C(=C/c2c[nH]c3ncccc23)OC1C1=CC=CC=CN1. The number of rotatable bonds is 5. The lowest BCUT2D eigenvalue weighted by Gasteiger charge is -2.32. The van der Waals surface area contributed by atoms with Gasteiger partial charge in [-0.3, -0.25) is 9.59 Å². The van der Waals surface area contributed by atoms with Gasteiger partial charge in [-0.25, -0.2) is 4.98 Å². The zero-order chi connectivity index (χ0) is 21.3. The van der Waals surface area contributed by atoms with Crippen LogP contribution in [-0.4, -0.2) is 44.1 Å². The molecule has 2 aliphatic heterocycles. The minimum atomic E-state index is -2.17. The Morgan fingerprint density at radius 1 is 1.40 bits per heavy atom. The number of aromatic nitrogens is 2. The molecule has 0 radical (unpaired) electrons. The molecule has 1 saturated heterocycles. The van der Waals surface area contributed by atoms with E-state index in [0.717, 1.165) is 5.39 Å². The van der Waals surface area contributed by atoms with Crippen molar-refractivity contribution < 1.29 is 24.5 Å². The van der Waals surface area contributed by atoms with Crippen LogP contribution in [0.25, 0.3) is 17.1 Å². The van der Waals surface area contributed by atoms with E-state index in [9.17, 15) is 19.8 Å². The molecule has 3 unspecified atom stereocenters. The molecule has 2 aromatic rings. The van der Waals surface area contributed by atoms with Crippen LogP contribution in [0.3, 0.4) is 0 Å². The number of ketones is 1. The van der Waals surface area contributed by atoms with Crippen LogP contribution in [0.5, 0.6) is 0 Å². The summed E-state index contributed by atoms with van der Waals surface area (Å²) >= 11 is 0. The number of Topliss-reactive ketones (excluding diaryl/α,β-unsaturated/α-hetero) is 1. The molecule has 0 saturated carbocycles. The molecule has 0 aliphatic carbocycles. The van der Waals surface area contributed by atoms with Gasteiger partial charge in [0.15, 0.2) is 11.9 Å². The summed E-state index contributed by atoms with van der Waals surface area (Å²) in [6.45, 7) is 1.63. The van der Waals surface area contributed by atoms with E-state index < -0.39 is 29.4 Å². The van der Waals surface area contributed by atoms with Crippen molar-refractivity contribution in [2.45, 2.75) is 25.6 Å². The fraction of sp³-hybridized carbons (Fsp3) is 0.227. The molecule has 4 N–H and O–H groups in total. The topological polar surface area (TPSA) is 125 Å². The van der Waals surface area contributed by atoms with Crippen molar-refractivity contribution in [3.8, 4) is 0 Å². The molecule has 30 heavy (non-hydrogen) atoms. The lowest BCUT2D eigenvalue weighted by Crippen LogP contribution is -2.54. The molecule has 0 aromatic carbocycles. The number of ether oxygens (including phenoxy) is 1. The maximum absolute atomic E-state index is 13.4. The summed E-state index contributed by atoms with van der Waals surface area (Å²) in [5.41, 5.74) is -0.537. The van der Waals surface area contributed by atoms with Crippen molar-refractivity contribution in [2.24, 2.45) is 5.41 Å². The molecular weight excluding hydrogens is 386 g/mol. The summed E-state index contributed by atoms with van der Waals surface area (Å²) in [4.78, 5) is 33.1. The predicted molar refractivity (Wildman–Crippen MR) is 110 cm³/mol. The van der Waals surface area contributed by atoms with E-state index in [4.69, 9.17) is 4.74 Å². The molecule has 8 nitrogen and oxygen atoms in total. The number of nitrogens with zero attached hydrogens (tertiary/aromatic N) is 1. The first-order chi connectivity index (χ1) is 14.5. The first-order valence-electron chi connectivity index (χ1n) is 9.56. The molecule has 0 spiro atoms. The van der Waals surface area contributed by atoms with Crippen LogP contribution in [0, 0.1) is 5.41 Å². The Morgan fingerprint density at radius 3 is 3.00 bits per heavy atom. The number of pyridine rings is 1. The fourth-order valence-electron chi connectivity index (χ4n) is 3.88. The number of aliphatic carboxylic acids is 1. The van der Waals surface area contributed by atoms with E-state index >= 15 is 0 Å². The Labute approximate surface area is 172 Å². The van der Waals surface area contributed by atoms with E-state index in [0.29, 0.717) is 16.9 Å². The van der Waals surface area contributed by atoms with E-state index in [1.165, 1.54) is 6.08 Å². The molecule has 0 amide bonds. The number of carboxylic acids is 1. The number of nitrogens with one attached hydrogen (secondary N) is 2. The van der Waals surface area contributed by atoms with Crippen LogP contribution in [-0.2, 0) is 14.3 Å². The van der Waals surface area contributed by atoms with E-state index in [1.807, 2.05) is 6.07 Å². The monoisotopic (exact) mass is 407 g/mol. The number of aromatic amines is 1. The van der Waals surface area contributed by atoms with Gasteiger partial charge in [0.25, 0.3) is 0 Å². The van der Waals surface area contributed by atoms with Crippen LogP contribution in [0.2, 0.25) is 0 Å². The van der Waals surface area contributed by atoms with E-state index in [2.05, 4.69) is 15.3 Å². The van der Waals surface area contributed by atoms with Gasteiger partial charge in [0.05, 0.1) is 11.8 Å². The molecular formula is C22H21N3O5. The fourth-order valence-corrected chi connectivity index (χ4v) is 3.88. The highest BCUT2D eigenvalue weighted by molar-refractivity contribution is 6.16. The van der Waals surface area contributed by atoms with Crippen LogP contribution < -0.4 is 5.32 Å². The average Bonchev–Trinajstić information content (AvgIpc) is 3.14. The first-order valence-corrected chi connectivity index (χ1v) is 9.56. The van der Waals surface area contributed by atoms with Gasteiger partial charge in [-0.15, -0.1) is 0 Å². The Bertz CT molecular complexity index is 1130. The van der Waals surface area contributed by atoms with E-state index in [1.54, 1.807) is 55.9 Å². The summed E-state index contributed by atoms with van der Waals surface area (Å²) in [7, 11) is 0. The number of hydrogen-bond donors (Lipinski definition) is 4. The third-order valence-electron chi connectivity index (χ3n) is 5.42. The van der Waals surface area contributed by atoms with Gasteiger partial charge < -0.3 is 25.3 Å². The van der Waals surface area contributed by atoms with Crippen molar-refractivity contribution in [1.29, 1.82) is 0 Å². The normalized spacial score (nSPS) is 25.7. The summed E-state index contributed by atoms with van der Waals surface area (Å²) in [6, 6.07) is 3.60. The summed E-state index contributed by atoms with van der Waals surface area (Å²) < 4.78 is 5.93. The highest BCUT2D eigenvalue weighted by Crippen LogP contribution is 2.45. The molecule has 4 heterocycles. The maximum Gasteiger partial charge on any atom is 0.324 e. The molecule has 2 aromatic heterocycles. The number of aliphatic hydroxyl groups excluding tert-OH is 1. The van der Waals surface area contributed by atoms with Gasteiger partial charge in [-0.2, -0.15) is 0 Å². The largest absolute Gasteiger partial charge is 0.480 e. The van der Waals surface area contributed by atoms with Crippen LogP contribution in [0.15, 0.2) is 66.5 Å². The number of aliphatic hydroxyl groups is 1. The standard InChI is InChI=1S/C22H21N3O5/c1-2-17(26)22(21(28)29)18(27)16(30-19(22)15-8-4-3-5-9-23-15)11-13-12-25-20-14(13)7-6-10-24-20/h3-12,17,19,23,26H,2H2,1H3,(H,24,25)(H,28,29)/b16-11-. The third-order valence-corrected chi connectivity index (χ3v) is 5.42. The van der Waals surface area contributed by atoms with Gasteiger partial charge in [-0.05, 0) is 36.8 Å². The molecule has 3 atom stereocenters. The first kappa shape index (κ1) is 19.7. The lowest BCUT2D eigenvalue weighted by molar-refractivity contribution is -0.164. The Morgan fingerprint density at radius 2 is 2.23 bits per heavy atom. The van der Waals surface area contributed by atoms with Gasteiger partial charge in [0.1, 0.15) is 5.65 Å². The number of carboxylic acid groups (broad SMARTS) is 1. The number of fused-ring (bicyclic) bond motifs is 1. The average molecular weight is 407 g/mol. The molecule has 0 bridgehead atoms. The van der Waals surface area contributed by atoms with Gasteiger partial charge in [0, 0.05) is 29.5 Å². The Balaban J connectivity index is 1.86. The summed E-state index contributed by atoms with van der Waals surface area (Å²) in [5.74, 6) is -2.33. The van der Waals surface area contributed by atoms with Crippen LogP contribution >= 0.6 is 0 Å².